The molecule has 4 nitrogen and oxygen atoms in total. The summed E-state index contributed by atoms with van der Waals surface area (Å²) in [5.74, 6) is 1.16. The molecule has 0 radical (unpaired) electrons. The molecular formula is C16H27ClN2O2. The number of benzene rings is 1. The Morgan fingerprint density at radius 1 is 1.24 bits per heavy atom. The summed E-state index contributed by atoms with van der Waals surface area (Å²) in [7, 11) is 0. The minimum atomic E-state index is -0.0816. The molecule has 1 amide bonds. The zero-order chi connectivity index (χ0) is 14.8. The van der Waals surface area contributed by atoms with Crippen LogP contribution in [0.2, 0.25) is 0 Å². The first-order valence-electron chi connectivity index (χ1n) is 7.38. The highest BCUT2D eigenvalue weighted by Crippen LogP contribution is 2.28. The van der Waals surface area contributed by atoms with E-state index in [9.17, 15) is 4.79 Å². The Balaban J connectivity index is 0.00000400. The van der Waals surface area contributed by atoms with Gasteiger partial charge in [-0.2, -0.15) is 0 Å². The van der Waals surface area contributed by atoms with Crippen LogP contribution in [0.3, 0.4) is 0 Å². The predicted molar refractivity (Wildman–Crippen MR) is 89.4 cm³/mol. The van der Waals surface area contributed by atoms with Gasteiger partial charge in [0.1, 0.15) is 5.75 Å². The van der Waals surface area contributed by atoms with Gasteiger partial charge in [-0.15, -0.1) is 12.4 Å². The average molecular weight is 315 g/mol. The number of halogens is 1. The summed E-state index contributed by atoms with van der Waals surface area (Å²) in [6.07, 6.45) is 1.05. The Hall–Kier alpha value is -1.26. The van der Waals surface area contributed by atoms with Crippen molar-refractivity contribution in [3.63, 3.8) is 0 Å². The molecule has 1 unspecified atom stereocenters. The number of para-hydroxylation sites is 1. The lowest BCUT2D eigenvalue weighted by Crippen LogP contribution is -2.34. The first-order valence-corrected chi connectivity index (χ1v) is 7.38. The highest BCUT2D eigenvalue weighted by Gasteiger charge is 2.10. The van der Waals surface area contributed by atoms with E-state index in [1.54, 1.807) is 0 Å². The van der Waals surface area contributed by atoms with Crippen LogP contribution in [-0.4, -0.2) is 32.1 Å². The second-order valence-corrected chi connectivity index (χ2v) is 4.84. The molecule has 5 heteroatoms. The standard InChI is InChI=1S/C16H26N2O2.ClH/c1-4-13(3)14-8-6-7-9-15(14)20-12-16(19)18-11-10-17-5-2;/h6-9,13,17H,4-5,10-12H2,1-3H3,(H,18,19);1H. The van der Waals surface area contributed by atoms with Crippen molar-refractivity contribution >= 4 is 18.3 Å². The Morgan fingerprint density at radius 3 is 2.62 bits per heavy atom. The molecular weight excluding hydrogens is 288 g/mol. The quantitative estimate of drug-likeness (QED) is 0.689. The van der Waals surface area contributed by atoms with Gasteiger partial charge in [-0.3, -0.25) is 4.79 Å². The highest BCUT2D eigenvalue weighted by atomic mass is 35.5. The second-order valence-electron chi connectivity index (χ2n) is 4.84. The van der Waals surface area contributed by atoms with E-state index >= 15 is 0 Å². The summed E-state index contributed by atoms with van der Waals surface area (Å²) in [4.78, 5) is 11.7. The first-order chi connectivity index (χ1) is 9.69. The van der Waals surface area contributed by atoms with Crippen LogP contribution in [-0.2, 0) is 4.79 Å². The molecule has 1 rings (SSSR count). The summed E-state index contributed by atoms with van der Waals surface area (Å²) in [6.45, 7) is 8.74. The summed E-state index contributed by atoms with van der Waals surface area (Å²) in [5, 5.41) is 5.98. The van der Waals surface area contributed by atoms with Crippen molar-refractivity contribution in [3.05, 3.63) is 29.8 Å². The van der Waals surface area contributed by atoms with E-state index < -0.39 is 0 Å². The second kappa shape index (κ2) is 11.4. The molecule has 0 aliphatic rings. The SMILES string of the molecule is CCNCCNC(=O)COc1ccccc1C(C)CC.Cl. The lowest BCUT2D eigenvalue weighted by molar-refractivity contribution is -0.123. The number of carbonyl (C=O) groups excluding carboxylic acids is 1. The van der Waals surface area contributed by atoms with Crippen LogP contribution in [0.4, 0.5) is 0 Å². The van der Waals surface area contributed by atoms with Gasteiger partial charge in [-0.25, -0.2) is 0 Å². The highest BCUT2D eigenvalue weighted by molar-refractivity contribution is 5.85. The number of nitrogens with one attached hydrogen (secondary N) is 2. The summed E-state index contributed by atoms with van der Waals surface area (Å²) >= 11 is 0. The van der Waals surface area contributed by atoms with Gasteiger partial charge in [0.15, 0.2) is 6.61 Å². The number of hydrogen-bond acceptors (Lipinski definition) is 3. The lowest BCUT2D eigenvalue weighted by Gasteiger charge is -2.15. The van der Waals surface area contributed by atoms with Gasteiger partial charge < -0.3 is 15.4 Å². The molecule has 1 aromatic carbocycles. The third-order valence-electron chi connectivity index (χ3n) is 3.30. The molecule has 0 aliphatic heterocycles. The maximum atomic E-state index is 11.7. The van der Waals surface area contributed by atoms with Crippen molar-refractivity contribution < 1.29 is 9.53 Å². The molecule has 2 N–H and O–H groups in total. The van der Waals surface area contributed by atoms with Gasteiger partial charge in [0.05, 0.1) is 0 Å². The largest absolute Gasteiger partial charge is 0.483 e. The fourth-order valence-electron chi connectivity index (χ4n) is 1.90. The third-order valence-corrected chi connectivity index (χ3v) is 3.30. The van der Waals surface area contributed by atoms with Crippen LogP contribution in [0.5, 0.6) is 5.75 Å². The van der Waals surface area contributed by atoms with Crippen LogP contribution < -0.4 is 15.4 Å². The van der Waals surface area contributed by atoms with Gasteiger partial charge in [0.2, 0.25) is 0 Å². The van der Waals surface area contributed by atoms with Gasteiger partial charge in [-0.05, 0) is 30.5 Å². The van der Waals surface area contributed by atoms with Crippen LogP contribution in [0, 0.1) is 0 Å². The van der Waals surface area contributed by atoms with Crippen molar-refractivity contribution in [2.45, 2.75) is 33.1 Å². The van der Waals surface area contributed by atoms with Crippen LogP contribution in [0.25, 0.3) is 0 Å². The number of amides is 1. The summed E-state index contributed by atoms with van der Waals surface area (Å²) in [6, 6.07) is 7.93. The van der Waals surface area contributed by atoms with E-state index in [1.807, 2.05) is 25.1 Å². The molecule has 0 spiro atoms. The monoisotopic (exact) mass is 314 g/mol. The minimum Gasteiger partial charge on any atom is -0.483 e. The Labute approximate surface area is 134 Å². The summed E-state index contributed by atoms with van der Waals surface area (Å²) in [5.41, 5.74) is 1.16. The molecule has 0 heterocycles. The van der Waals surface area contributed by atoms with Crippen molar-refractivity contribution in [2.24, 2.45) is 0 Å². The van der Waals surface area contributed by atoms with Crippen molar-refractivity contribution in [1.82, 2.24) is 10.6 Å². The topological polar surface area (TPSA) is 50.4 Å². The number of carbonyl (C=O) groups is 1. The predicted octanol–water partition coefficient (Wildman–Crippen LogP) is 2.73. The molecule has 0 saturated heterocycles. The Kier molecular flexibility index (Phi) is 10.7. The Morgan fingerprint density at radius 2 is 1.95 bits per heavy atom. The van der Waals surface area contributed by atoms with Gasteiger partial charge in [0.25, 0.3) is 5.91 Å². The number of rotatable bonds is 9. The normalized spacial score (nSPS) is 11.4. The Bertz CT molecular complexity index is 413. The fourth-order valence-corrected chi connectivity index (χ4v) is 1.90. The van der Waals surface area contributed by atoms with Gasteiger partial charge in [-0.1, -0.05) is 39.0 Å². The van der Waals surface area contributed by atoms with Crippen molar-refractivity contribution in [3.8, 4) is 5.75 Å². The number of hydrogen-bond donors (Lipinski definition) is 2. The zero-order valence-corrected chi connectivity index (χ0v) is 14.0. The lowest BCUT2D eigenvalue weighted by atomic mass is 9.98. The molecule has 0 fully saturated rings. The molecule has 1 atom stereocenters. The molecule has 0 aromatic heterocycles. The molecule has 0 bridgehead atoms. The van der Waals surface area contributed by atoms with E-state index in [0.29, 0.717) is 12.5 Å². The number of ether oxygens (including phenoxy) is 1. The smallest absolute Gasteiger partial charge is 0.257 e. The first kappa shape index (κ1) is 19.7. The van der Waals surface area contributed by atoms with E-state index in [4.69, 9.17) is 4.74 Å². The molecule has 120 valence electrons. The van der Waals surface area contributed by atoms with Crippen LogP contribution >= 0.6 is 12.4 Å². The van der Waals surface area contributed by atoms with Crippen molar-refractivity contribution in [1.29, 1.82) is 0 Å². The maximum Gasteiger partial charge on any atom is 0.257 e. The summed E-state index contributed by atoms with van der Waals surface area (Å²) < 4.78 is 5.65. The van der Waals surface area contributed by atoms with Gasteiger partial charge in [0, 0.05) is 13.1 Å². The number of likely N-dealkylation sites (N-methyl/N-ethyl adjacent to an activating group) is 1. The van der Waals surface area contributed by atoms with E-state index in [2.05, 4.69) is 30.5 Å². The van der Waals surface area contributed by atoms with Crippen LogP contribution in [0.15, 0.2) is 24.3 Å². The zero-order valence-electron chi connectivity index (χ0n) is 13.1. The van der Waals surface area contributed by atoms with E-state index in [1.165, 1.54) is 0 Å². The molecule has 0 aliphatic carbocycles. The van der Waals surface area contributed by atoms with Gasteiger partial charge >= 0.3 is 0 Å². The fraction of sp³-hybridized carbons (Fsp3) is 0.562. The van der Waals surface area contributed by atoms with Crippen LogP contribution in [0.1, 0.15) is 38.7 Å². The molecule has 1 aromatic rings. The average Bonchev–Trinajstić information content (AvgIpc) is 2.49. The third kappa shape index (κ3) is 7.34. The molecule has 21 heavy (non-hydrogen) atoms. The molecule has 0 saturated carbocycles. The minimum absolute atomic E-state index is 0. The van der Waals surface area contributed by atoms with Crippen molar-refractivity contribution in [2.75, 3.05) is 26.2 Å². The van der Waals surface area contributed by atoms with E-state index in [-0.39, 0.29) is 24.9 Å². The maximum absolute atomic E-state index is 11.7. The van der Waals surface area contributed by atoms with E-state index in [0.717, 1.165) is 30.8 Å².